The molecular weight excluding hydrogens is 215 g/mol. The third-order valence-corrected chi connectivity index (χ3v) is 3.12. The molecule has 0 amide bonds. The van der Waals surface area contributed by atoms with Crippen LogP contribution in [-0.2, 0) is 0 Å². The molecule has 3 N–H and O–H groups in total. The molecule has 0 aliphatic heterocycles. The van der Waals surface area contributed by atoms with Gasteiger partial charge >= 0.3 is 0 Å². The highest BCUT2D eigenvalue weighted by Gasteiger charge is 2.27. The van der Waals surface area contributed by atoms with E-state index in [1.165, 1.54) is 12.8 Å². The van der Waals surface area contributed by atoms with Crippen LogP contribution < -0.4 is 11.3 Å². The molecule has 0 aromatic heterocycles. The zero-order valence-electron chi connectivity index (χ0n) is 8.34. The average molecular weight is 229 g/mol. The van der Waals surface area contributed by atoms with Gasteiger partial charge < -0.3 is 0 Å². The molecule has 0 bridgehead atoms. The Balaban J connectivity index is 2.20. The van der Waals surface area contributed by atoms with Gasteiger partial charge in [-0.1, -0.05) is 36.6 Å². The van der Waals surface area contributed by atoms with E-state index in [2.05, 4.69) is 5.43 Å². The van der Waals surface area contributed by atoms with Crippen molar-refractivity contribution in [3.63, 3.8) is 0 Å². The summed E-state index contributed by atoms with van der Waals surface area (Å²) in [4.78, 5) is 0. The van der Waals surface area contributed by atoms with Crippen LogP contribution in [0.15, 0.2) is 18.2 Å². The van der Waals surface area contributed by atoms with Gasteiger partial charge in [0, 0.05) is 11.6 Å². The highest BCUT2D eigenvalue weighted by Crippen LogP contribution is 2.38. The highest BCUT2D eigenvalue weighted by molar-refractivity contribution is 6.30. The first-order valence-electron chi connectivity index (χ1n) is 5.12. The third kappa shape index (κ3) is 2.48. The molecule has 0 radical (unpaired) electrons. The van der Waals surface area contributed by atoms with E-state index in [1.807, 2.05) is 0 Å². The second-order valence-electron chi connectivity index (χ2n) is 4.04. The van der Waals surface area contributed by atoms with E-state index < -0.39 is 0 Å². The first kappa shape index (κ1) is 10.9. The van der Waals surface area contributed by atoms with Crippen LogP contribution in [0.3, 0.4) is 0 Å². The molecule has 1 aliphatic rings. The second kappa shape index (κ2) is 4.47. The Bertz CT molecular complexity index is 352. The Hall–Kier alpha value is -0.640. The van der Waals surface area contributed by atoms with Crippen LogP contribution in [0.1, 0.15) is 30.9 Å². The monoisotopic (exact) mass is 228 g/mol. The number of hydrazine groups is 1. The van der Waals surface area contributed by atoms with Crippen LogP contribution in [0.2, 0.25) is 5.02 Å². The highest BCUT2D eigenvalue weighted by atomic mass is 35.5. The van der Waals surface area contributed by atoms with Gasteiger partial charge in [-0.25, -0.2) is 4.39 Å². The summed E-state index contributed by atoms with van der Waals surface area (Å²) in [5.41, 5.74) is 3.23. The fourth-order valence-corrected chi connectivity index (χ4v) is 1.94. The van der Waals surface area contributed by atoms with Gasteiger partial charge in [0.2, 0.25) is 0 Å². The Morgan fingerprint density at radius 2 is 2.27 bits per heavy atom. The van der Waals surface area contributed by atoms with Crippen LogP contribution in [-0.4, -0.2) is 0 Å². The molecule has 0 spiro atoms. The molecule has 0 saturated heterocycles. The van der Waals surface area contributed by atoms with Crippen LogP contribution in [0.25, 0.3) is 0 Å². The summed E-state index contributed by atoms with van der Waals surface area (Å²) in [6.07, 6.45) is 3.33. The molecule has 2 rings (SSSR count). The first-order valence-corrected chi connectivity index (χ1v) is 5.50. The van der Waals surface area contributed by atoms with Gasteiger partial charge in [0.25, 0.3) is 0 Å². The number of rotatable bonds is 4. The van der Waals surface area contributed by atoms with Crippen LogP contribution in [0.5, 0.6) is 0 Å². The summed E-state index contributed by atoms with van der Waals surface area (Å²) in [7, 11) is 0. The fraction of sp³-hybridized carbons (Fsp3) is 0.455. The summed E-state index contributed by atoms with van der Waals surface area (Å²) >= 11 is 5.72. The van der Waals surface area contributed by atoms with Crippen LogP contribution in [0, 0.1) is 11.7 Å². The smallest absolute Gasteiger partial charge is 0.146 e. The normalized spacial score (nSPS) is 17.8. The molecule has 15 heavy (non-hydrogen) atoms. The Morgan fingerprint density at radius 1 is 1.53 bits per heavy atom. The fourth-order valence-electron chi connectivity index (χ4n) is 1.76. The molecule has 82 valence electrons. The molecule has 1 aliphatic carbocycles. The second-order valence-corrected chi connectivity index (χ2v) is 4.45. The molecule has 1 unspecified atom stereocenters. The van der Waals surface area contributed by atoms with Gasteiger partial charge in [-0.05, 0) is 18.4 Å². The Kier molecular flexibility index (Phi) is 3.24. The predicted octanol–water partition coefficient (Wildman–Crippen LogP) is 2.78. The van der Waals surface area contributed by atoms with Gasteiger partial charge in [0.1, 0.15) is 5.82 Å². The lowest BCUT2D eigenvalue weighted by atomic mass is 10.0. The van der Waals surface area contributed by atoms with Crippen molar-refractivity contribution in [1.82, 2.24) is 5.43 Å². The minimum absolute atomic E-state index is 0.129. The van der Waals surface area contributed by atoms with Gasteiger partial charge in [0.05, 0.1) is 5.02 Å². The SMILES string of the molecule is NNC(CC1CC1)c1cccc(Cl)c1F. The Morgan fingerprint density at radius 3 is 2.87 bits per heavy atom. The standard InChI is InChI=1S/C11H14ClFN2/c12-9-3-1-2-8(11(9)13)10(15-14)6-7-4-5-7/h1-3,7,10,15H,4-6,14H2. The van der Waals surface area contributed by atoms with Gasteiger partial charge in [-0.2, -0.15) is 0 Å². The van der Waals surface area contributed by atoms with Crippen LogP contribution >= 0.6 is 11.6 Å². The molecular formula is C11H14ClFN2. The predicted molar refractivity (Wildman–Crippen MR) is 58.8 cm³/mol. The molecule has 1 atom stereocenters. The number of nitrogens with one attached hydrogen (secondary N) is 1. The lowest BCUT2D eigenvalue weighted by molar-refractivity contribution is 0.463. The van der Waals surface area contributed by atoms with Crippen molar-refractivity contribution >= 4 is 11.6 Å². The van der Waals surface area contributed by atoms with Crippen molar-refractivity contribution in [1.29, 1.82) is 0 Å². The van der Waals surface area contributed by atoms with Crippen molar-refractivity contribution in [2.45, 2.75) is 25.3 Å². The zero-order valence-corrected chi connectivity index (χ0v) is 9.10. The largest absolute Gasteiger partial charge is 0.271 e. The van der Waals surface area contributed by atoms with E-state index >= 15 is 0 Å². The minimum atomic E-state index is -0.359. The van der Waals surface area contributed by atoms with Crippen molar-refractivity contribution < 1.29 is 4.39 Å². The van der Waals surface area contributed by atoms with Gasteiger partial charge in [-0.3, -0.25) is 11.3 Å². The average Bonchev–Trinajstić information content (AvgIpc) is 3.03. The van der Waals surface area contributed by atoms with Crippen molar-refractivity contribution in [3.8, 4) is 0 Å². The molecule has 4 heteroatoms. The van der Waals surface area contributed by atoms with Crippen molar-refractivity contribution in [2.75, 3.05) is 0 Å². The quantitative estimate of drug-likeness (QED) is 0.614. The summed E-state index contributed by atoms with van der Waals surface area (Å²) in [6.45, 7) is 0. The van der Waals surface area contributed by atoms with E-state index in [1.54, 1.807) is 18.2 Å². The van der Waals surface area contributed by atoms with Gasteiger partial charge in [-0.15, -0.1) is 0 Å². The number of benzene rings is 1. The van der Waals surface area contributed by atoms with E-state index in [0.717, 1.165) is 6.42 Å². The lowest BCUT2D eigenvalue weighted by Gasteiger charge is -2.17. The molecule has 1 fully saturated rings. The number of halogens is 2. The first-order chi connectivity index (χ1) is 7.22. The van der Waals surface area contributed by atoms with E-state index in [9.17, 15) is 4.39 Å². The summed E-state index contributed by atoms with van der Waals surface area (Å²) < 4.78 is 13.7. The Labute approximate surface area is 93.6 Å². The van der Waals surface area contributed by atoms with Crippen LogP contribution in [0.4, 0.5) is 4.39 Å². The maximum Gasteiger partial charge on any atom is 0.146 e. The lowest BCUT2D eigenvalue weighted by Crippen LogP contribution is -2.29. The van der Waals surface area contributed by atoms with Gasteiger partial charge in [0.15, 0.2) is 0 Å². The molecule has 2 nitrogen and oxygen atoms in total. The number of nitrogens with two attached hydrogens (primary N) is 1. The van der Waals surface area contributed by atoms with Crippen molar-refractivity contribution in [3.05, 3.63) is 34.6 Å². The zero-order chi connectivity index (χ0) is 10.8. The molecule has 1 saturated carbocycles. The topological polar surface area (TPSA) is 38.0 Å². The molecule has 0 heterocycles. The maximum atomic E-state index is 13.7. The molecule has 1 aromatic rings. The molecule has 1 aromatic carbocycles. The maximum absolute atomic E-state index is 13.7. The summed E-state index contributed by atoms with van der Waals surface area (Å²) in [5.74, 6) is 5.77. The van der Waals surface area contributed by atoms with Crippen molar-refractivity contribution in [2.24, 2.45) is 11.8 Å². The summed E-state index contributed by atoms with van der Waals surface area (Å²) in [6, 6.07) is 4.90. The minimum Gasteiger partial charge on any atom is -0.271 e. The van der Waals surface area contributed by atoms with E-state index in [-0.39, 0.29) is 16.9 Å². The number of hydrogen-bond acceptors (Lipinski definition) is 2. The number of hydrogen-bond donors (Lipinski definition) is 2. The van der Waals surface area contributed by atoms with E-state index in [4.69, 9.17) is 17.4 Å². The third-order valence-electron chi connectivity index (χ3n) is 2.82. The van der Waals surface area contributed by atoms with E-state index in [0.29, 0.717) is 11.5 Å². The summed E-state index contributed by atoms with van der Waals surface area (Å²) in [5, 5.41) is 0.156.